The lowest BCUT2D eigenvalue weighted by Crippen LogP contribution is -2.29. The Morgan fingerprint density at radius 3 is 2.60 bits per heavy atom. The normalized spacial score (nSPS) is 13.2. The summed E-state index contributed by atoms with van der Waals surface area (Å²) in [5.41, 5.74) is 3.94. The fourth-order valence-electron chi connectivity index (χ4n) is 2.04. The molecule has 0 saturated carbocycles. The minimum atomic E-state index is -4.38. The molecule has 0 amide bonds. The van der Waals surface area contributed by atoms with Crippen LogP contribution in [0.25, 0.3) is 0 Å². The number of nitrogens with two attached hydrogens (primary N) is 1. The van der Waals surface area contributed by atoms with Gasteiger partial charge in [0.1, 0.15) is 0 Å². The van der Waals surface area contributed by atoms with Gasteiger partial charge in [-0.3, -0.25) is 10.8 Å². The number of benzene rings is 1. The molecule has 0 radical (unpaired) electrons. The van der Waals surface area contributed by atoms with Gasteiger partial charge in [0, 0.05) is 12.4 Å². The van der Waals surface area contributed by atoms with Gasteiger partial charge < -0.3 is 0 Å². The summed E-state index contributed by atoms with van der Waals surface area (Å²) >= 11 is 0. The Labute approximate surface area is 114 Å². The first-order valence-corrected chi connectivity index (χ1v) is 5.97. The van der Waals surface area contributed by atoms with E-state index >= 15 is 0 Å². The predicted octanol–water partition coefficient (Wildman–Crippen LogP) is 2.96. The van der Waals surface area contributed by atoms with Gasteiger partial charge in [-0.05, 0) is 41.8 Å². The molecule has 1 aromatic carbocycles. The van der Waals surface area contributed by atoms with Crippen molar-refractivity contribution in [1.29, 1.82) is 0 Å². The van der Waals surface area contributed by atoms with Crippen LogP contribution in [0, 0.1) is 6.92 Å². The van der Waals surface area contributed by atoms with E-state index in [9.17, 15) is 13.2 Å². The number of nitrogens with one attached hydrogen (secondary N) is 1. The third-order valence-electron chi connectivity index (χ3n) is 3.10. The van der Waals surface area contributed by atoms with E-state index in [1.807, 2.05) is 6.92 Å². The first kappa shape index (κ1) is 14.5. The summed E-state index contributed by atoms with van der Waals surface area (Å²) in [6.45, 7) is 1.86. The van der Waals surface area contributed by atoms with Gasteiger partial charge in [-0.25, -0.2) is 5.43 Å². The third kappa shape index (κ3) is 2.97. The number of hydrogen-bond donors (Lipinski definition) is 2. The van der Waals surface area contributed by atoms with E-state index in [0.29, 0.717) is 5.56 Å². The fourth-order valence-corrected chi connectivity index (χ4v) is 2.04. The molecule has 3 N–H and O–H groups in total. The second-order valence-electron chi connectivity index (χ2n) is 4.46. The van der Waals surface area contributed by atoms with Crippen LogP contribution in [0.15, 0.2) is 42.7 Å². The van der Waals surface area contributed by atoms with Crippen molar-refractivity contribution in [3.8, 4) is 0 Å². The Bertz CT molecular complexity index is 596. The highest BCUT2D eigenvalue weighted by Crippen LogP contribution is 2.32. The third-order valence-corrected chi connectivity index (χ3v) is 3.10. The van der Waals surface area contributed by atoms with Gasteiger partial charge in [0.15, 0.2) is 0 Å². The molecule has 2 aromatic rings. The predicted molar refractivity (Wildman–Crippen MR) is 69.6 cm³/mol. The highest BCUT2D eigenvalue weighted by Gasteiger charge is 2.31. The maximum absolute atomic E-state index is 12.8. The van der Waals surface area contributed by atoms with Crippen molar-refractivity contribution < 1.29 is 13.2 Å². The molecule has 1 aromatic heterocycles. The van der Waals surface area contributed by atoms with Crippen molar-refractivity contribution >= 4 is 0 Å². The van der Waals surface area contributed by atoms with Gasteiger partial charge in [0.2, 0.25) is 0 Å². The summed E-state index contributed by atoms with van der Waals surface area (Å²) in [5, 5.41) is 0. The Morgan fingerprint density at radius 2 is 2.00 bits per heavy atom. The summed E-state index contributed by atoms with van der Waals surface area (Å²) in [6.07, 6.45) is -1.15. The molecular weight excluding hydrogens is 267 g/mol. The molecule has 1 unspecified atom stereocenters. The molecule has 0 spiro atoms. The molecule has 0 fully saturated rings. The van der Waals surface area contributed by atoms with Crippen LogP contribution in [0.2, 0.25) is 0 Å². The quantitative estimate of drug-likeness (QED) is 0.671. The molecule has 6 heteroatoms. The maximum Gasteiger partial charge on any atom is 0.416 e. The van der Waals surface area contributed by atoms with Crippen molar-refractivity contribution in [3.05, 3.63) is 65.0 Å². The van der Waals surface area contributed by atoms with Crippen LogP contribution in [0.1, 0.15) is 28.3 Å². The largest absolute Gasteiger partial charge is 0.416 e. The topological polar surface area (TPSA) is 50.9 Å². The lowest BCUT2D eigenvalue weighted by Gasteiger charge is -2.19. The summed E-state index contributed by atoms with van der Waals surface area (Å²) < 4.78 is 38.3. The Kier molecular flexibility index (Phi) is 4.06. The standard InChI is InChI=1S/C14H14F3N3/c1-9-5-6-19-8-12(9)13(20-18)10-3-2-4-11(7-10)14(15,16)17/h2-8,13,20H,18H2,1H3. The number of rotatable bonds is 3. The van der Waals surface area contributed by atoms with Crippen LogP contribution >= 0.6 is 0 Å². The molecule has 0 aliphatic carbocycles. The number of halogens is 3. The second kappa shape index (κ2) is 5.60. The summed E-state index contributed by atoms with van der Waals surface area (Å²) in [4.78, 5) is 3.99. The van der Waals surface area contributed by atoms with Crippen LogP contribution < -0.4 is 11.3 Å². The first-order valence-electron chi connectivity index (χ1n) is 5.97. The maximum atomic E-state index is 12.8. The molecule has 0 bridgehead atoms. The van der Waals surface area contributed by atoms with Crippen LogP contribution in [0.5, 0.6) is 0 Å². The van der Waals surface area contributed by atoms with Gasteiger partial charge in [0.05, 0.1) is 11.6 Å². The zero-order valence-electron chi connectivity index (χ0n) is 10.8. The highest BCUT2D eigenvalue weighted by atomic mass is 19.4. The van der Waals surface area contributed by atoms with E-state index in [-0.39, 0.29) is 0 Å². The first-order chi connectivity index (χ1) is 9.43. The molecule has 0 aliphatic rings. The van der Waals surface area contributed by atoms with E-state index in [2.05, 4.69) is 10.4 Å². The van der Waals surface area contributed by atoms with Gasteiger partial charge in [-0.1, -0.05) is 12.1 Å². The molecule has 1 atom stereocenters. The van der Waals surface area contributed by atoms with Gasteiger partial charge in [0.25, 0.3) is 0 Å². The Balaban J connectivity index is 2.46. The molecule has 106 valence electrons. The number of aryl methyl sites for hydroxylation is 1. The molecule has 0 saturated heterocycles. The number of nitrogens with zero attached hydrogens (tertiary/aromatic N) is 1. The Morgan fingerprint density at radius 1 is 1.25 bits per heavy atom. The number of hydrogen-bond acceptors (Lipinski definition) is 3. The number of aromatic nitrogens is 1. The second-order valence-corrected chi connectivity index (χ2v) is 4.46. The number of alkyl halides is 3. The average molecular weight is 281 g/mol. The zero-order valence-corrected chi connectivity index (χ0v) is 10.8. The summed E-state index contributed by atoms with van der Waals surface area (Å²) in [6, 6.07) is 6.35. The van der Waals surface area contributed by atoms with Crippen LogP contribution in [0.3, 0.4) is 0 Å². The van der Waals surface area contributed by atoms with Crippen molar-refractivity contribution in [1.82, 2.24) is 10.4 Å². The van der Waals surface area contributed by atoms with E-state index in [1.54, 1.807) is 24.5 Å². The van der Waals surface area contributed by atoms with Crippen LogP contribution in [-0.2, 0) is 6.18 Å². The minimum absolute atomic E-state index is 0.443. The van der Waals surface area contributed by atoms with Crippen LogP contribution in [-0.4, -0.2) is 4.98 Å². The molecular formula is C14H14F3N3. The van der Waals surface area contributed by atoms with Crippen molar-refractivity contribution in [3.63, 3.8) is 0 Å². The molecule has 2 rings (SSSR count). The molecule has 20 heavy (non-hydrogen) atoms. The summed E-state index contributed by atoms with van der Waals surface area (Å²) in [7, 11) is 0. The SMILES string of the molecule is Cc1ccncc1C(NN)c1cccc(C(F)(F)F)c1. The molecule has 1 heterocycles. The van der Waals surface area contributed by atoms with Crippen molar-refractivity contribution in [2.24, 2.45) is 5.84 Å². The van der Waals surface area contributed by atoms with Crippen molar-refractivity contribution in [2.75, 3.05) is 0 Å². The lowest BCUT2D eigenvalue weighted by atomic mass is 9.96. The van der Waals surface area contributed by atoms with Crippen molar-refractivity contribution in [2.45, 2.75) is 19.1 Å². The van der Waals surface area contributed by atoms with E-state index < -0.39 is 17.8 Å². The minimum Gasteiger partial charge on any atom is -0.271 e. The molecule has 0 aliphatic heterocycles. The number of hydrazine groups is 1. The van der Waals surface area contributed by atoms with Gasteiger partial charge >= 0.3 is 6.18 Å². The Hall–Kier alpha value is -1.92. The zero-order chi connectivity index (χ0) is 14.8. The van der Waals surface area contributed by atoms with Gasteiger partial charge in [-0.2, -0.15) is 13.2 Å². The summed E-state index contributed by atoms with van der Waals surface area (Å²) in [5.74, 6) is 5.51. The lowest BCUT2D eigenvalue weighted by molar-refractivity contribution is -0.137. The van der Waals surface area contributed by atoms with Gasteiger partial charge in [-0.15, -0.1) is 0 Å². The highest BCUT2D eigenvalue weighted by molar-refractivity contribution is 5.37. The van der Waals surface area contributed by atoms with E-state index in [4.69, 9.17) is 5.84 Å². The number of pyridine rings is 1. The fraction of sp³-hybridized carbons (Fsp3) is 0.214. The van der Waals surface area contributed by atoms with E-state index in [0.717, 1.165) is 23.3 Å². The monoisotopic (exact) mass is 281 g/mol. The molecule has 3 nitrogen and oxygen atoms in total. The van der Waals surface area contributed by atoms with Crippen LogP contribution in [0.4, 0.5) is 13.2 Å². The smallest absolute Gasteiger partial charge is 0.271 e. The van der Waals surface area contributed by atoms with E-state index in [1.165, 1.54) is 6.07 Å². The average Bonchev–Trinajstić information content (AvgIpc) is 2.41.